The third-order valence-corrected chi connectivity index (χ3v) is 4.64. The average Bonchev–Trinajstić information content (AvgIpc) is 2.41. The molecular formula is C15H13BrClNOS. The normalized spacial score (nSPS) is 10.3. The topological polar surface area (TPSA) is 29.1 Å². The SMILES string of the molecule is Cc1ccccc1SCC(=O)Nc1ccc(Br)cc1Cl. The molecule has 0 saturated heterocycles. The van der Waals surface area contributed by atoms with Crippen molar-refractivity contribution in [3.63, 3.8) is 0 Å². The van der Waals surface area contributed by atoms with Crippen LogP contribution in [0.4, 0.5) is 5.69 Å². The number of carbonyl (C=O) groups is 1. The minimum Gasteiger partial charge on any atom is -0.324 e. The summed E-state index contributed by atoms with van der Waals surface area (Å²) in [6.45, 7) is 2.03. The molecule has 0 radical (unpaired) electrons. The first-order valence-electron chi connectivity index (χ1n) is 5.99. The van der Waals surface area contributed by atoms with Crippen LogP contribution in [0.1, 0.15) is 5.56 Å². The first-order chi connectivity index (χ1) is 9.56. The third-order valence-electron chi connectivity index (χ3n) is 2.66. The summed E-state index contributed by atoms with van der Waals surface area (Å²) in [7, 11) is 0. The highest BCUT2D eigenvalue weighted by atomic mass is 79.9. The number of hydrogen-bond acceptors (Lipinski definition) is 2. The Bertz CT molecular complexity index is 633. The van der Waals surface area contributed by atoms with Crippen molar-refractivity contribution >= 4 is 50.9 Å². The molecule has 0 atom stereocenters. The molecule has 1 amide bonds. The number of benzene rings is 2. The summed E-state index contributed by atoms with van der Waals surface area (Å²) in [6.07, 6.45) is 0. The Hall–Kier alpha value is -0.970. The Morgan fingerprint density at radius 3 is 2.75 bits per heavy atom. The standard InChI is InChI=1S/C15H13BrClNOS/c1-10-4-2-3-5-14(10)20-9-15(19)18-13-7-6-11(16)8-12(13)17/h2-8H,9H2,1H3,(H,18,19). The van der Waals surface area contributed by atoms with Crippen LogP contribution in [-0.4, -0.2) is 11.7 Å². The molecule has 0 aliphatic carbocycles. The van der Waals surface area contributed by atoms with Crippen molar-refractivity contribution in [1.29, 1.82) is 0 Å². The first kappa shape index (κ1) is 15.4. The quantitative estimate of drug-likeness (QED) is 0.755. The van der Waals surface area contributed by atoms with Gasteiger partial charge in [-0.2, -0.15) is 0 Å². The van der Waals surface area contributed by atoms with Crippen molar-refractivity contribution < 1.29 is 4.79 Å². The van der Waals surface area contributed by atoms with E-state index in [4.69, 9.17) is 11.6 Å². The molecular weight excluding hydrogens is 358 g/mol. The molecule has 1 N–H and O–H groups in total. The number of aryl methyl sites for hydroxylation is 1. The van der Waals surface area contributed by atoms with E-state index in [9.17, 15) is 4.79 Å². The highest BCUT2D eigenvalue weighted by Crippen LogP contribution is 2.26. The molecule has 0 aliphatic rings. The van der Waals surface area contributed by atoms with Crippen LogP contribution in [0, 0.1) is 6.92 Å². The van der Waals surface area contributed by atoms with Gasteiger partial charge in [-0.1, -0.05) is 45.7 Å². The molecule has 104 valence electrons. The zero-order chi connectivity index (χ0) is 14.5. The molecule has 0 heterocycles. The number of carbonyl (C=O) groups excluding carboxylic acids is 1. The number of amides is 1. The molecule has 0 aromatic heterocycles. The third kappa shape index (κ3) is 4.27. The minimum atomic E-state index is -0.0672. The summed E-state index contributed by atoms with van der Waals surface area (Å²) in [5, 5.41) is 3.34. The Balaban J connectivity index is 1.94. The van der Waals surface area contributed by atoms with Crippen LogP contribution in [0.5, 0.6) is 0 Å². The predicted molar refractivity (Wildman–Crippen MR) is 89.7 cm³/mol. The molecule has 2 nitrogen and oxygen atoms in total. The zero-order valence-electron chi connectivity index (χ0n) is 10.8. The molecule has 20 heavy (non-hydrogen) atoms. The molecule has 0 saturated carbocycles. The van der Waals surface area contributed by atoms with Crippen molar-refractivity contribution in [3.8, 4) is 0 Å². The largest absolute Gasteiger partial charge is 0.324 e. The fraction of sp³-hybridized carbons (Fsp3) is 0.133. The maximum atomic E-state index is 11.9. The highest BCUT2D eigenvalue weighted by molar-refractivity contribution is 9.10. The molecule has 2 aromatic carbocycles. The van der Waals surface area contributed by atoms with Crippen LogP contribution in [0.3, 0.4) is 0 Å². The van der Waals surface area contributed by atoms with Gasteiger partial charge in [-0.25, -0.2) is 0 Å². The van der Waals surface area contributed by atoms with Crippen molar-refractivity contribution in [1.82, 2.24) is 0 Å². The number of hydrogen-bond donors (Lipinski definition) is 1. The van der Waals surface area contributed by atoms with Gasteiger partial charge in [0.15, 0.2) is 0 Å². The Kier molecular flexibility index (Phi) is 5.52. The lowest BCUT2D eigenvalue weighted by atomic mass is 10.2. The lowest BCUT2D eigenvalue weighted by Gasteiger charge is -2.08. The van der Waals surface area contributed by atoms with Crippen molar-refractivity contribution in [2.45, 2.75) is 11.8 Å². The molecule has 0 fully saturated rings. The average molecular weight is 371 g/mol. The number of halogens is 2. The Labute approximate surface area is 136 Å². The van der Waals surface area contributed by atoms with Crippen LogP contribution < -0.4 is 5.32 Å². The highest BCUT2D eigenvalue weighted by Gasteiger charge is 2.07. The van der Waals surface area contributed by atoms with Crippen LogP contribution in [0.15, 0.2) is 51.8 Å². The second-order valence-corrected chi connectivity index (χ2v) is 6.57. The molecule has 2 rings (SSSR count). The smallest absolute Gasteiger partial charge is 0.234 e. The van der Waals surface area contributed by atoms with Gasteiger partial charge >= 0.3 is 0 Å². The van der Waals surface area contributed by atoms with Gasteiger partial charge in [-0.05, 0) is 36.8 Å². The summed E-state index contributed by atoms with van der Waals surface area (Å²) in [6, 6.07) is 13.4. The molecule has 0 unspecified atom stereocenters. The van der Waals surface area contributed by atoms with Gasteiger partial charge in [-0.3, -0.25) is 4.79 Å². The van der Waals surface area contributed by atoms with Crippen LogP contribution in [-0.2, 0) is 4.79 Å². The summed E-state index contributed by atoms with van der Waals surface area (Å²) >= 11 is 10.9. The van der Waals surface area contributed by atoms with E-state index in [0.29, 0.717) is 16.5 Å². The van der Waals surface area contributed by atoms with Gasteiger partial charge in [0, 0.05) is 9.37 Å². The van der Waals surface area contributed by atoms with E-state index < -0.39 is 0 Å². The van der Waals surface area contributed by atoms with E-state index in [0.717, 1.165) is 9.37 Å². The number of rotatable bonds is 4. The van der Waals surface area contributed by atoms with Crippen LogP contribution in [0.2, 0.25) is 5.02 Å². The molecule has 2 aromatic rings. The molecule has 0 bridgehead atoms. The van der Waals surface area contributed by atoms with Crippen molar-refractivity contribution in [2.75, 3.05) is 11.1 Å². The molecule has 5 heteroatoms. The van der Waals surface area contributed by atoms with E-state index in [-0.39, 0.29) is 5.91 Å². The fourth-order valence-electron chi connectivity index (χ4n) is 1.64. The summed E-state index contributed by atoms with van der Waals surface area (Å²) in [5.74, 6) is 0.291. The molecule has 0 aliphatic heterocycles. The Morgan fingerprint density at radius 2 is 2.05 bits per heavy atom. The predicted octanol–water partition coefficient (Wildman–Crippen LogP) is 5.14. The lowest BCUT2D eigenvalue weighted by molar-refractivity contribution is -0.113. The van der Waals surface area contributed by atoms with E-state index in [2.05, 4.69) is 21.2 Å². The number of anilines is 1. The fourth-order valence-corrected chi connectivity index (χ4v) is 3.19. The van der Waals surface area contributed by atoms with E-state index in [1.165, 1.54) is 17.3 Å². The van der Waals surface area contributed by atoms with Gasteiger partial charge in [-0.15, -0.1) is 11.8 Å². The number of nitrogens with one attached hydrogen (secondary N) is 1. The van der Waals surface area contributed by atoms with Gasteiger partial charge in [0.05, 0.1) is 16.5 Å². The van der Waals surface area contributed by atoms with Crippen molar-refractivity contribution in [3.05, 3.63) is 57.5 Å². The van der Waals surface area contributed by atoms with E-state index >= 15 is 0 Å². The van der Waals surface area contributed by atoms with Gasteiger partial charge in [0.2, 0.25) is 5.91 Å². The summed E-state index contributed by atoms with van der Waals surface area (Å²) < 4.78 is 0.884. The van der Waals surface area contributed by atoms with Crippen LogP contribution >= 0.6 is 39.3 Å². The van der Waals surface area contributed by atoms with Gasteiger partial charge < -0.3 is 5.32 Å². The number of thioether (sulfide) groups is 1. The van der Waals surface area contributed by atoms with Gasteiger partial charge in [0.25, 0.3) is 0 Å². The van der Waals surface area contributed by atoms with Crippen LogP contribution in [0.25, 0.3) is 0 Å². The van der Waals surface area contributed by atoms with Gasteiger partial charge in [0.1, 0.15) is 0 Å². The monoisotopic (exact) mass is 369 g/mol. The maximum Gasteiger partial charge on any atom is 0.234 e. The first-order valence-corrected chi connectivity index (χ1v) is 8.15. The summed E-state index contributed by atoms with van der Waals surface area (Å²) in [4.78, 5) is 13.0. The molecule has 0 spiro atoms. The van der Waals surface area contributed by atoms with E-state index in [1.807, 2.05) is 37.3 Å². The Morgan fingerprint density at radius 1 is 1.30 bits per heavy atom. The minimum absolute atomic E-state index is 0.0672. The summed E-state index contributed by atoms with van der Waals surface area (Å²) in [5.41, 5.74) is 1.80. The van der Waals surface area contributed by atoms with Crippen molar-refractivity contribution in [2.24, 2.45) is 0 Å². The second-order valence-electron chi connectivity index (χ2n) is 4.23. The zero-order valence-corrected chi connectivity index (χ0v) is 14.0. The lowest BCUT2D eigenvalue weighted by Crippen LogP contribution is -2.14. The maximum absolute atomic E-state index is 11.9. The second kappa shape index (κ2) is 7.16. The van der Waals surface area contributed by atoms with E-state index in [1.54, 1.807) is 12.1 Å².